The van der Waals surface area contributed by atoms with Gasteiger partial charge in [-0.1, -0.05) is 6.07 Å². The second kappa shape index (κ2) is 5.90. The zero-order valence-corrected chi connectivity index (χ0v) is 10.7. The molecule has 2 rings (SSSR count). The van der Waals surface area contributed by atoms with E-state index < -0.39 is 0 Å². The van der Waals surface area contributed by atoms with Crippen LogP contribution in [0.4, 0.5) is 4.39 Å². The Kier molecular flexibility index (Phi) is 4.24. The molecule has 0 aliphatic carbocycles. The zero-order chi connectivity index (χ0) is 13.0. The van der Waals surface area contributed by atoms with Crippen LogP contribution in [-0.2, 0) is 6.42 Å². The van der Waals surface area contributed by atoms with Gasteiger partial charge in [0.2, 0.25) is 0 Å². The van der Waals surface area contributed by atoms with Gasteiger partial charge in [0.1, 0.15) is 0 Å². The molecule has 0 spiro atoms. The minimum atomic E-state index is -0.366. The summed E-state index contributed by atoms with van der Waals surface area (Å²) in [5, 5.41) is 0. The summed E-state index contributed by atoms with van der Waals surface area (Å²) < 4.78 is 18.4. The van der Waals surface area contributed by atoms with Crippen molar-refractivity contribution < 1.29 is 9.13 Å². The monoisotopic (exact) mass is 267 g/mol. The Labute approximate surface area is 109 Å². The highest BCUT2D eigenvalue weighted by molar-refractivity contribution is 7.09. The van der Waals surface area contributed by atoms with Crippen molar-refractivity contribution in [1.29, 1.82) is 0 Å². The van der Waals surface area contributed by atoms with E-state index in [0.29, 0.717) is 6.42 Å². The summed E-state index contributed by atoms with van der Waals surface area (Å²) in [4.78, 5) is 5.03. The lowest BCUT2D eigenvalue weighted by Crippen LogP contribution is -2.29. The van der Waals surface area contributed by atoms with Gasteiger partial charge in [-0.05, 0) is 24.1 Å². The van der Waals surface area contributed by atoms with Crippen LogP contribution in [0.15, 0.2) is 29.9 Å². The molecule has 0 radical (unpaired) electrons. The van der Waals surface area contributed by atoms with Crippen LogP contribution < -0.4 is 16.0 Å². The van der Waals surface area contributed by atoms with Crippen LogP contribution in [-0.4, -0.2) is 12.1 Å². The zero-order valence-electron chi connectivity index (χ0n) is 9.89. The number of nitrogens with zero attached hydrogens (tertiary/aromatic N) is 1. The summed E-state index contributed by atoms with van der Waals surface area (Å²) in [6, 6.07) is 4.84. The van der Waals surface area contributed by atoms with Gasteiger partial charge in [-0.2, -0.15) is 0 Å². The fourth-order valence-electron chi connectivity index (χ4n) is 1.71. The molecule has 0 bridgehead atoms. The van der Waals surface area contributed by atoms with Gasteiger partial charge in [0.25, 0.3) is 0 Å². The first kappa shape index (κ1) is 12.9. The van der Waals surface area contributed by atoms with Crippen LogP contribution in [0.25, 0.3) is 0 Å². The third kappa shape index (κ3) is 2.84. The minimum Gasteiger partial charge on any atom is -0.494 e. The molecule has 0 fully saturated rings. The second-order valence-electron chi connectivity index (χ2n) is 3.80. The second-order valence-corrected chi connectivity index (χ2v) is 4.71. The Balaban J connectivity index is 2.15. The van der Waals surface area contributed by atoms with E-state index >= 15 is 0 Å². The highest BCUT2D eigenvalue weighted by atomic mass is 32.1. The van der Waals surface area contributed by atoms with Crippen molar-refractivity contribution in [1.82, 2.24) is 10.4 Å². The smallest absolute Gasteiger partial charge is 0.165 e. The largest absolute Gasteiger partial charge is 0.494 e. The quantitative estimate of drug-likeness (QED) is 0.643. The lowest BCUT2D eigenvalue weighted by molar-refractivity contribution is 0.386. The number of aromatic nitrogens is 1. The highest BCUT2D eigenvalue weighted by Crippen LogP contribution is 2.24. The number of rotatable bonds is 5. The van der Waals surface area contributed by atoms with E-state index in [4.69, 9.17) is 10.6 Å². The topological polar surface area (TPSA) is 60.2 Å². The molecule has 3 N–H and O–H groups in total. The molecule has 96 valence electrons. The highest BCUT2D eigenvalue weighted by Gasteiger charge is 2.13. The molecular formula is C12H14FN3OS. The van der Waals surface area contributed by atoms with Crippen molar-refractivity contribution >= 4 is 11.3 Å². The van der Waals surface area contributed by atoms with Gasteiger partial charge >= 0.3 is 0 Å². The van der Waals surface area contributed by atoms with Gasteiger partial charge in [-0.25, -0.2) is 4.39 Å². The average molecular weight is 267 g/mol. The summed E-state index contributed by atoms with van der Waals surface area (Å²) in [6.07, 6.45) is 2.36. The maximum atomic E-state index is 13.6. The van der Waals surface area contributed by atoms with Gasteiger partial charge in [0.15, 0.2) is 11.6 Å². The summed E-state index contributed by atoms with van der Waals surface area (Å²) in [6.45, 7) is 0. The Morgan fingerprint density at radius 2 is 2.39 bits per heavy atom. The first-order chi connectivity index (χ1) is 8.74. The van der Waals surface area contributed by atoms with Crippen molar-refractivity contribution in [2.24, 2.45) is 5.84 Å². The molecule has 1 aromatic heterocycles. The number of benzene rings is 1. The molecule has 4 nitrogen and oxygen atoms in total. The van der Waals surface area contributed by atoms with Crippen LogP contribution in [0.3, 0.4) is 0 Å². The van der Waals surface area contributed by atoms with Crippen molar-refractivity contribution in [2.45, 2.75) is 12.5 Å². The summed E-state index contributed by atoms with van der Waals surface area (Å²) >= 11 is 1.51. The van der Waals surface area contributed by atoms with E-state index in [-0.39, 0.29) is 17.6 Å². The first-order valence-electron chi connectivity index (χ1n) is 5.41. The van der Waals surface area contributed by atoms with E-state index in [1.165, 1.54) is 24.5 Å². The van der Waals surface area contributed by atoms with Crippen LogP contribution in [0, 0.1) is 5.82 Å². The van der Waals surface area contributed by atoms with Gasteiger partial charge < -0.3 is 4.74 Å². The molecule has 0 amide bonds. The van der Waals surface area contributed by atoms with Gasteiger partial charge in [0, 0.05) is 11.1 Å². The van der Waals surface area contributed by atoms with E-state index in [1.54, 1.807) is 17.8 Å². The average Bonchev–Trinajstić information content (AvgIpc) is 2.90. The van der Waals surface area contributed by atoms with E-state index in [0.717, 1.165) is 10.4 Å². The first-order valence-corrected chi connectivity index (χ1v) is 6.29. The standard InChI is InChI=1S/C12H14FN3OS/c1-17-11-3-2-8(4-9(11)13)5-10(16-14)12-6-15-7-18-12/h2-4,6-7,10,16H,5,14H2,1H3. The molecule has 1 aromatic carbocycles. The van der Waals surface area contributed by atoms with Crippen LogP contribution >= 0.6 is 11.3 Å². The maximum Gasteiger partial charge on any atom is 0.165 e. The minimum absolute atomic E-state index is 0.0645. The summed E-state index contributed by atoms with van der Waals surface area (Å²) in [5.74, 6) is 5.39. The van der Waals surface area contributed by atoms with Crippen molar-refractivity contribution in [2.75, 3.05) is 7.11 Å². The number of thiazole rings is 1. The van der Waals surface area contributed by atoms with E-state index in [2.05, 4.69) is 10.4 Å². The molecule has 1 heterocycles. The van der Waals surface area contributed by atoms with Crippen molar-refractivity contribution in [3.8, 4) is 5.75 Å². The molecule has 18 heavy (non-hydrogen) atoms. The van der Waals surface area contributed by atoms with Gasteiger partial charge in [-0.15, -0.1) is 11.3 Å². The Morgan fingerprint density at radius 1 is 1.56 bits per heavy atom. The number of nitrogens with two attached hydrogens (primary N) is 1. The third-order valence-corrected chi connectivity index (χ3v) is 3.54. The molecule has 0 aliphatic rings. The lowest BCUT2D eigenvalue weighted by atomic mass is 10.1. The molecule has 1 unspecified atom stereocenters. The van der Waals surface area contributed by atoms with Crippen LogP contribution in [0.1, 0.15) is 16.5 Å². The summed E-state index contributed by atoms with van der Waals surface area (Å²) in [5.41, 5.74) is 5.31. The fourth-order valence-corrected chi connectivity index (χ4v) is 2.39. The number of methoxy groups -OCH3 is 1. The number of hydrazine groups is 1. The Bertz CT molecular complexity index is 504. The third-order valence-electron chi connectivity index (χ3n) is 2.65. The van der Waals surface area contributed by atoms with Crippen molar-refractivity contribution in [3.05, 3.63) is 46.2 Å². The Morgan fingerprint density at radius 3 is 2.94 bits per heavy atom. The SMILES string of the molecule is COc1ccc(CC(NN)c2cncs2)cc1F. The summed E-state index contributed by atoms with van der Waals surface area (Å²) in [7, 11) is 1.44. The maximum absolute atomic E-state index is 13.6. The van der Waals surface area contributed by atoms with E-state index in [9.17, 15) is 4.39 Å². The lowest BCUT2D eigenvalue weighted by Gasteiger charge is -2.14. The van der Waals surface area contributed by atoms with Crippen LogP contribution in [0.2, 0.25) is 0 Å². The number of ether oxygens (including phenoxy) is 1. The molecule has 0 aliphatic heterocycles. The molecule has 1 atom stereocenters. The van der Waals surface area contributed by atoms with Gasteiger partial charge in [-0.3, -0.25) is 16.3 Å². The molecular weight excluding hydrogens is 253 g/mol. The van der Waals surface area contributed by atoms with Crippen molar-refractivity contribution in [3.63, 3.8) is 0 Å². The number of nitrogens with one attached hydrogen (secondary N) is 1. The normalized spacial score (nSPS) is 12.4. The number of halogens is 1. The number of hydrogen-bond donors (Lipinski definition) is 2. The molecule has 2 aromatic rings. The Hall–Kier alpha value is -1.50. The molecule has 6 heteroatoms. The predicted octanol–water partition coefficient (Wildman–Crippen LogP) is 2.04. The molecule has 0 saturated carbocycles. The predicted molar refractivity (Wildman–Crippen MR) is 68.8 cm³/mol. The number of hydrogen-bond acceptors (Lipinski definition) is 5. The fraction of sp³-hybridized carbons (Fsp3) is 0.250. The molecule has 0 saturated heterocycles. The van der Waals surface area contributed by atoms with Crippen LogP contribution in [0.5, 0.6) is 5.75 Å². The van der Waals surface area contributed by atoms with Gasteiger partial charge in [0.05, 0.1) is 18.7 Å². The van der Waals surface area contributed by atoms with E-state index in [1.807, 2.05) is 6.07 Å².